The molecule has 182 valence electrons. The predicted octanol–water partition coefficient (Wildman–Crippen LogP) is 0.300. The number of benzene rings is 2. The van der Waals surface area contributed by atoms with Crippen LogP contribution < -0.4 is 16.5 Å². The lowest BCUT2D eigenvalue weighted by Crippen LogP contribution is -2.32. The van der Waals surface area contributed by atoms with Gasteiger partial charge in [-0.3, -0.25) is 0 Å². The van der Waals surface area contributed by atoms with Gasteiger partial charge in [0.1, 0.15) is 29.2 Å². The largest absolute Gasteiger partial charge is 0.382 e. The molecule has 0 spiro atoms. The van der Waals surface area contributed by atoms with E-state index in [1.54, 1.807) is 52.2 Å². The van der Waals surface area contributed by atoms with Gasteiger partial charge in [0.25, 0.3) is 0 Å². The quantitative estimate of drug-likeness (QED) is 0.349. The third-order valence-electron chi connectivity index (χ3n) is 6.27. The van der Waals surface area contributed by atoms with Crippen molar-refractivity contribution < 1.29 is 12.9 Å². The molecule has 0 aliphatic heterocycles. The van der Waals surface area contributed by atoms with E-state index in [4.69, 9.17) is 15.2 Å². The van der Waals surface area contributed by atoms with Crippen LogP contribution in [0.2, 0.25) is 0 Å². The topological polar surface area (TPSA) is 124 Å². The van der Waals surface area contributed by atoms with Crippen LogP contribution in [0.5, 0.6) is 0 Å². The standard InChI is InChI=1S/C24H28B3N5O3S/c1-24(2,27)36(33,34)15-8-9-16(17(25)10-15)19-12-30-23(28)21(31-19)20-11-18(32-35-20)13-4-6-14(7-5-13)22(26)29-3/h4-12,22,29H,25-27H2,1-3H3,(H2,28,30). The van der Waals surface area contributed by atoms with Crippen molar-refractivity contribution in [2.45, 2.75) is 29.3 Å². The molecule has 2 heterocycles. The summed E-state index contributed by atoms with van der Waals surface area (Å²) in [5, 5.41) is 7.42. The number of nitrogens with one attached hydrogen (secondary N) is 1. The van der Waals surface area contributed by atoms with Crippen LogP contribution in [0.3, 0.4) is 0 Å². The number of anilines is 1. The molecule has 0 saturated heterocycles. The van der Waals surface area contributed by atoms with Gasteiger partial charge < -0.3 is 15.6 Å². The average molecular weight is 499 g/mol. The molecule has 2 aromatic carbocycles. The molecule has 0 bridgehead atoms. The molecule has 8 nitrogen and oxygen atoms in total. The summed E-state index contributed by atoms with van der Waals surface area (Å²) < 4.78 is 30.4. The Hall–Kier alpha value is -3.37. The molecule has 4 aromatic rings. The molecule has 0 aliphatic rings. The zero-order chi connectivity index (χ0) is 26.3. The highest BCUT2D eigenvalue weighted by Crippen LogP contribution is 2.30. The summed E-state index contributed by atoms with van der Waals surface area (Å²) in [6.07, 6.45) is 1.57. The van der Waals surface area contributed by atoms with Crippen molar-refractivity contribution in [3.8, 4) is 34.0 Å². The first kappa shape index (κ1) is 25.7. The number of nitrogen functional groups attached to an aromatic ring is 1. The first-order chi connectivity index (χ1) is 16.9. The molecule has 0 saturated carbocycles. The Morgan fingerprint density at radius 2 is 1.78 bits per heavy atom. The molecular formula is C24H28B3N5O3S. The van der Waals surface area contributed by atoms with Crippen LogP contribution in [-0.4, -0.2) is 58.8 Å². The first-order valence-electron chi connectivity index (χ1n) is 11.6. The minimum atomic E-state index is -3.47. The van der Waals surface area contributed by atoms with Gasteiger partial charge in [-0.25, -0.2) is 18.4 Å². The van der Waals surface area contributed by atoms with E-state index < -0.39 is 14.5 Å². The Morgan fingerprint density at radius 1 is 1.08 bits per heavy atom. The second-order valence-corrected chi connectivity index (χ2v) is 12.5. The van der Waals surface area contributed by atoms with E-state index in [0.29, 0.717) is 22.8 Å². The Morgan fingerprint density at radius 3 is 2.39 bits per heavy atom. The van der Waals surface area contributed by atoms with E-state index in [9.17, 15) is 8.42 Å². The van der Waals surface area contributed by atoms with Gasteiger partial charge in [0.15, 0.2) is 27.1 Å². The summed E-state index contributed by atoms with van der Waals surface area (Å²) in [4.78, 5) is 9.27. The molecule has 1 unspecified atom stereocenters. The van der Waals surface area contributed by atoms with Crippen LogP contribution in [0, 0.1) is 0 Å². The zero-order valence-electron chi connectivity index (χ0n) is 21.3. The third kappa shape index (κ3) is 4.83. The first-order valence-corrected chi connectivity index (χ1v) is 13.1. The number of nitrogens with zero attached hydrogens (tertiary/aromatic N) is 3. The molecule has 12 heteroatoms. The van der Waals surface area contributed by atoms with Crippen LogP contribution in [-0.2, 0) is 9.84 Å². The smallest absolute Gasteiger partial charge is 0.189 e. The van der Waals surface area contributed by atoms with Gasteiger partial charge in [-0.2, -0.15) is 0 Å². The Bertz CT molecular complexity index is 1520. The van der Waals surface area contributed by atoms with Gasteiger partial charge in [-0.15, -0.1) is 0 Å². The fourth-order valence-electron chi connectivity index (χ4n) is 3.79. The van der Waals surface area contributed by atoms with Gasteiger partial charge in [0.05, 0.1) is 16.8 Å². The van der Waals surface area contributed by atoms with Crippen molar-refractivity contribution in [3.63, 3.8) is 0 Å². The molecule has 4 rings (SSSR count). The minimum Gasteiger partial charge on any atom is -0.382 e. The number of hydrogen-bond donors (Lipinski definition) is 2. The maximum Gasteiger partial charge on any atom is 0.189 e. The number of nitrogens with two attached hydrogens (primary N) is 1. The second kappa shape index (κ2) is 9.59. The minimum absolute atomic E-state index is 0.212. The molecule has 1 atom stereocenters. The van der Waals surface area contributed by atoms with Crippen molar-refractivity contribution in [2.75, 3.05) is 12.8 Å². The van der Waals surface area contributed by atoms with E-state index in [-0.39, 0.29) is 16.7 Å². The lowest BCUT2D eigenvalue weighted by atomic mass is 9.88. The van der Waals surface area contributed by atoms with Crippen molar-refractivity contribution >= 4 is 44.7 Å². The third-order valence-corrected chi connectivity index (χ3v) is 8.76. The highest BCUT2D eigenvalue weighted by Gasteiger charge is 2.31. The highest BCUT2D eigenvalue weighted by molar-refractivity contribution is 7.94. The van der Waals surface area contributed by atoms with Crippen LogP contribution >= 0.6 is 0 Å². The van der Waals surface area contributed by atoms with Crippen LogP contribution in [0.25, 0.3) is 34.0 Å². The number of hydrogen-bond acceptors (Lipinski definition) is 8. The van der Waals surface area contributed by atoms with E-state index in [1.807, 2.05) is 39.2 Å². The lowest BCUT2D eigenvalue weighted by molar-refractivity contribution is 0.434. The number of sulfone groups is 1. The van der Waals surface area contributed by atoms with Crippen LogP contribution in [0.15, 0.2) is 64.1 Å². The summed E-state index contributed by atoms with van der Waals surface area (Å²) in [5.41, 5.74) is 11.3. The van der Waals surface area contributed by atoms with E-state index in [1.165, 1.54) is 5.56 Å². The lowest BCUT2D eigenvalue weighted by Gasteiger charge is -2.20. The highest BCUT2D eigenvalue weighted by atomic mass is 32.2. The summed E-state index contributed by atoms with van der Waals surface area (Å²) >= 11 is 0. The fourth-order valence-corrected chi connectivity index (χ4v) is 5.07. The fraction of sp³-hybridized carbons (Fsp3) is 0.208. The summed E-state index contributed by atoms with van der Waals surface area (Å²) in [6, 6.07) is 14.9. The van der Waals surface area contributed by atoms with Crippen molar-refractivity contribution in [2.24, 2.45) is 0 Å². The maximum atomic E-state index is 12.9. The molecule has 36 heavy (non-hydrogen) atoms. The van der Waals surface area contributed by atoms with Crippen molar-refractivity contribution in [1.82, 2.24) is 20.4 Å². The SMILES string of the molecule is Bc1cc(S(=O)(=O)C(B)(C)C)ccc1-c1cnc(N)c(-c2cc(-c3ccc(C(B)NC)cc3)no2)n1. The summed E-state index contributed by atoms with van der Waals surface area (Å²) in [6.45, 7) is 3.37. The van der Waals surface area contributed by atoms with E-state index in [2.05, 4.69) is 23.3 Å². The summed E-state index contributed by atoms with van der Waals surface area (Å²) in [5.74, 6) is 0.856. The molecular weight excluding hydrogens is 471 g/mol. The Labute approximate surface area is 214 Å². The maximum absolute atomic E-state index is 12.9. The molecule has 0 fully saturated rings. The van der Waals surface area contributed by atoms with E-state index in [0.717, 1.165) is 16.6 Å². The normalized spacial score (nSPS) is 13.0. The second-order valence-electron chi connectivity index (χ2n) is 9.79. The van der Waals surface area contributed by atoms with Crippen molar-refractivity contribution in [3.05, 3.63) is 60.3 Å². The van der Waals surface area contributed by atoms with Crippen molar-refractivity contribution in [1.29, 1.82) is 0 Å². The molecule has 2 aromatic heterocycles. The Balaban J connectivity index is 1.67. The van der Waals surface area contributed by atoms with Gasteiger partial charge in [0, 0.05) is 16.3 Å². The average Bonchev–Trinajstić information content (AvgIpc) is 3.33. The number of rotatable bonds is 7. The van der Waals surface area contributed by atoms with Gasteiger partial charge in [-0.1, -0.05) is 54.8 Å². The molecule has 0 amide bonds. The molecule has 3 N–H and O–H groups in total. The number of aromatic nitrogens is 3. The monoisotopic (exact) mass is 499 g/mol. The van der Waals surface area contributed by atoms with Gasteiger partial charge in [-0.05, 0) is 36.2 Å². The van der Waals surface area contributed by atoms with E-state index >= 15 is 0 Å². The zero-order valence-corrected chi connectivity index (χ0v) is 22.1. The van der Waals surface area contributed by atoms with Gasteiger partial charge >= 0.3 is 0 Å². The molecule has 0 aliphatic carbocycles. The van der Waals surface area contributed by atoms with Crippen LogP contribution in [0.1, 0.15) is 25.4 Å². The predicted molar refractivity (Wildman–Crippen MR) is 151 cm³/mol. The van der Waals surface area contributed by atoms with Gasteiger partial charge in [0.2, 0.25) is 0 Å². The Kier molecular flexibility index (Phi) is 6.85. The summed E-state index contributed by atoms with van der Waals surface area (Å²) in [7, 11) is 4.08. The van der Waals surface area contributed by atoms with Crippen LogP contribution in [0.4, 0.5) is 5.82 Å². The molecule has 0 radical (unpaired) electrons.